The number of nitrogens with zero attached hydrogens (tertiary/aromatic N) is 3. The van der Waals surface area contributed by atoms with Crippen LogP contribution in [0.5, 0.6) is 0 Å². The standard InChI is InChI=1S/C18H23N3O2S2/c1-21-17(11-13-9-10-25(22,23)12-13)19-20-18(21)24-16-8-4-6-14-5-2-3-7-15(14)16/h2-3,5,7,13,16H,4,6,8-12H2,1H3. The van der Waals surface area contributed by atoms with E-state index in [2.05, 4.69) is 34.5 Å². The Labute approximate surface area is 153 Å². The maximum absolute atomic E-state index is 11.7. The van der Waals surface area contributed by atoms with E-state index in [0.29, 0.717) is 23.2 Å². The summed E-state index contributed by atoms with van der Waals surface area (Å²) in [5.41, 5.74) is 2.87. The lowest BCUT2D eigenvalue weighted by Gasteiger charge is -2.24. The van der Waals surface area contributed by atoms with Gasteiger partial charge in [-0.3, -0.25) is 0 Å². The van der Waals surface area contributed by atoms with Crippen LogP contribution in [0.15, 0.2) is 29.4 Å². The van der Waals surface area contributed by atoms with Crippen molar-refractivity contribution in [3.05, 3.63) is 41.2 Å². The summed E-state index contributed by atoms with van der Waals surface area (Å²) in [6.45, 7) is 0. The molecule has 1 aromatic carbocycles. The molecule has 2 aliphatic rings. The highest BCUT2D eigenvalue weighted by Gasteiger charge is 2.30. The van der Waals surface area contributed by atoms with E-state index >= 15 is 0 Å². The van der Waals surface area contributed by atoms with E-state index in [1.54, 1.807) is 11.8 Å². The van der Waals surface area contributed by atoms with Crippen molar-refractivity contribution in [2.45, 2.75) is 42.5 Å². The number of aryl methyl sites for hydroxylation is 1. The molecule has 0 amide bonds. The third-order valence-corrected chi connectivity index (χ3v) is 8.46. The molecule has 1 saturated heterocycles. The maximum Gasteiger partial charge on any atom is 0.191 e. The lowest BCUT2D eigenvalue weighted by atomic mass is 9.91. The first-order valence-corrected chi connectivity index (χ1v) is 11.5. The van der Waals surface area contributed by atoms with Crippen LogP contribution in [0.25, 0.3) is 0 Å². The van der Waals surface area contributed by atoms with Gasteiger partial charge >= 0.3 is 0 Å². The highest BCUT2D eigenvalue weighted by molar-refractivity contribution is 7.99. The fourth-order valence-corrected chi connectivity index (χ4v) is 6.98. The number of sulfone groups is 1. The minimum absolute atomic E-state index is 0.182. The Kier molecular flexibility index (Phi) is 4.62. The number of hydrogen-bond acceptors (Lipinski definition) is 5. The molecule has 0 bridgehead atoms. The molecule has 1 fully saturated rings. The van der Waals surface area contributed by atoms with Crippen molar-refractivity contribution in [2.24, 2.45) is 13.0 Å². The molecular weight excluding hydrogens is 354 g/mol. The molecule has 7 heteroatoms. The Morgan fingerprint density at radius 3 is 2.88 bits per heavy atom. The van der Waals surface area contributed by atoms with E-state index in [1.807, 2.05) is 11.6 Å². The van der Waals surface area contributed by atoms with Crippen molar-refractivity contribution < 1.29 is 8.42 Å². The molecule has 1 aliphatic heterocycles. The van der Waals surface area contributed by atoms with E-state index in [0.717, 1.165) is 30.2 Å². The zero-order valence-electron chi connectivity index (χ0n) is 14.4. The highest BCUT2D eigenvalue weighted by Crippen LogP contribution is 2.42. The molecule has 0 radical (unpaired) electrons. The first-order valence-electron chi connectivity index (χ1n) is 8.85. The Morgan fingerprint density at radius 1 is 1.24 bits per heavy atom. The number of thioether (sulfide) groups is 1. The molecular formula is C18H23N3O2S2. The number of rotatable bonds is 4. The molecule has 25 heavy (non-hydrogen) atoms. The first-order chi connectivity index (χ1) is 12.0. The summed E-state index contributed by atoms with van der Waals surface area (Å²) >= 11 is 1.78. The van der Waals surface area contributed by atoms with Crippen molar-refractivity contribution in [2.75, 3.05) is 11.5 Å². The Balaban J connectivity index is 1.49. The zero-order chi connectivity index (χ0) is 17.4. The van der Waals surface area contributed by atoms with Crippen molar-refractivity contribution >= 4 is 21.6 Å². The SMILES string of the molecule is Cn1c(CC2CCS(=O)(=O)C2)nnc1SC1CCCc2ccccc21. The summed E-state index contributed by atoms with van der Waals surface area (Å²) in [4.78, 5) is 0. The second-order valence-corrected chi connectivity index (χ2v) is 10.5. The number of aromatic nitrogens is 3. The van der Waals surface area contributed by atoms with Gasteiger partial charge in [-0.1, -0.05) is 36.0 Å². The average molecular weight is 378 g/mol. The van der Waals surface area contributed by atoms with Gasteiger partial charge in [0.2, 0.25) is 0 Å². The van der Waals surface area contributed by atoms with Gasteiger partial charge in [0.1, 0.15) is 5.82 Å². The number of hydrogen-bond donors (Lipinski definition) is 0. The summed E-state index contributed by atoms with van der Waals surface area (Å²) in [5, 5.41) is 10.1. The van der Waals surface area contributed by atoms with E-state index in [4.69, 9.17) is 0 Å². The van der Waals surface area contributed by atoms with Crippen molar-refractivity contribution in [1.82, 2.24) is 14.8 Å². The van der Waals surface area contributed by atoms with Crippen LogP contribution in [0.1, 0.15) is 41.5 Å². The topological polar surface area (TPSA) is 64.8 Å². The Bertz CT molecular complexity index is 876. The van der Waals surface area contributed by atoms with Gasteiger partial charge in [0.15, 0.2) is 15.0 Å². The van der Waals surface area contributed by atoms with Crippen LogP contribution in [0.2, 0.25) is 0 Å². The van der Waals surface area contributed by atoms with Crippen molar-refractivity contribution in [1.29, 1.82) is 0 Å². The van der Waals surface area contributed by atoms with Crippen LogP contribution in [-0.4, -0.2) is 34.7 Å². The second-order valence-electron chi connectivity index (χ2n) is 7.13. The largest absolute Gasteiger partial charge is 0.309 e. The smallest absolute Gasteiger partial charge is 0.191 e. The molecule has 5 nitrogen and oxygen atoms in total. The van der Waals surface area contributed by atoms with Crippen LogP contribution in [0.3, 0.4) is 0 Å². The summed E-state index contributed by atoms with van der Waals surface area (Å²) in [7, 11) is -0.845. The Hall–Kier alpha value is -1.34. The molecule has 4 rings (SSSR count). The van der Waals surface area contributed by atoms with Gasteiger partial charge in [-0.2, -0.15) is 0 Å². The molecule has 134 valence electrons. The van der Waals surface area contributed by atoms with Gasteiger partial charge in [-0.15, -0.1) is 10.2 Å². The predicted molar refractivity (Wildman–Crippen MR) is 99.4 cm³/mol. The molecule has 2 heterocycles. The highest BCUT2D eigenvalue weighted by atomic mass is 32.2. The monoisotopic (exact) mass is 377 g/mol. The van der Waals surface area contributed by atoms with Crippen molar-refractivity contribution in [3.8, 4) is 0 Å². The number of benzene rings is 1. The third kappa shape index (κ3) is 3.62. The van der Waals surface area contributed by atoms with Gasteiger partial charge in [0.25, 0.3) is 0 Å². The second kappa shape index (κ2) is 6.76. The first kappa shape index (κ1) is 17.1. The molecule has 1 aliphatic carbocycles. The summed E-state index contributed by atoms with van der Waals surface area (Å²) in [6.07, 6.45) is 4.97. The van der Waals surface area contributed by atoms with Crippen LogP contribution in [0, 0.1) is 5.92 Å². The quantitative estimate of drug-likeness (QED) is 0.820. The lowest BCUT2D eigenvalue weighted by Crippen LogP contribution is -2.11. The van der Waals surface area contributed by atoms with Gasteiger partial charge in [0, 0.05) is 18.7 Å². The third-order valence-electron chi connectivity index (χ3n) is 5.29. The molecule has 0 saturated carbocycles. The van der Waals surface area contributed by atoms with Crippen LogP contribution in [-0.2, 0) is 29.7 Å². The number of fused-ring (bicyclic) bond motifs is 1. The summed E-state index contributed by atoms with van der Waals surface area (Å²) in [5.74, 6) is 1.68. The van der Waals surface area contributed by atoms with Gasteiger partial charge in [0.05, 0.1) is 11.5 Å². The minimum Gasteiger partial charge on any atom is -0.309 e. The molecule has 0 spiro atoms. The molecule has 0 N–H and O–H groups in total. The Morgan fingerprint density at radius 2 is 2.08 bits per heavy atom. The lowest BCUT2D eigenvalue weighted by molar-refractivity contribution is 0.552. The molecule has 1 aromatic heterocycles. The van der Waals surface area contributed by atoms with Gasteiger partial charge < -0.3 is 4.57 Å². The average Bonchev–Trinajstić information content (AvgIpc) is 3.11. The van der Waals surface area contributed by atoms with E-state index in [9.17, 15) is 8.42 Å². The molecule has 2 atom stereocenters. The van der Waals surface area contributed by atoms with E-state index in [1.165, 1.54) is 17.5 Å². The minimum atomic E-state index is -2.84. The van der Waals surface area contributed by atoms with Gasteiger partial charge in [-0.25, -0.2) is 8.42 Å². The summed E-state index contributed by atoms with van der Waals surface area (Å²) < 4.78 is 25.4. The van der Waals surface area contributed by atoms with Crippen LogP contribution in [0.4, 0.5) is 0 Å². The summed E-state index contributed by atoms with van der Waals surface area (Å²) in [6, 6.07) is 8.68. The fourth-order valence-electron chi connectivity index (χ4n) is 3.88. The predicted octanol–water partition coefficient (Wildman–Crippen LogP) is 2.96. The van der Waals surface area contributed by atoms with Gasteiger partial charge in [-0.05, 0) is 42.7 Å². The normalized spacial score (nSPS) is 25.0. The molecule has 2 aromatic rings. The molecule has 2 unspecified atom stereocenters. The maximum atomic E-state index is 11.7. The zero-order valence-corrected chi connectivity index (χ0v) is 16.0. The van der Waals surface area contributed by atoms with Crippen LogP contribution < -0.4 is 0 Å². The van der Waals surface area contributed by atoms with Crippen molar-refractivity contribution in [3.63, 3.8) is 0 Å². The van der Waals surface area contributed by atoms with E-state index < -0.39 is 9.84 Å². The fraction of sp³-hybridized carbons (Fsp3) is 0.556. The van der Waals surface area contributed by atoms with Crippen LogP contribution >= 0.6 is 11.8 Å². The van der Waals surface area contributed by atoms with E-state index in [-0.39, 0.29) is 5.92 Å².